The third kappa shape index (κ3) is 3.38. The zero-order chi connectivity index (χ0) is 13.0. The molecule has 1 saturated heterocycles. The van der Waals surface area contributed by atoms with Crippen LogP contribution in [-0.2, 0) is 4.74 Å². The number of likely N-dealkylation sites (N-methyl/N-ethyl adjacent to an activating group) is 1. The quantitative estimate of drug-likeness (QED) is 0.774. The third-order valence-corrected chi connectivity index (χ3v) is 2.72. The lowest BCUT2D eigenvalue weighted by Crippen LogP contribution is -2.43. The second-order valence-corrected chi connectivity index (χ2v) is 4.23. The maximum Gasteiger partial charge on any atom is 0.356 e. The minimum absolute atomic E-state index is 0.0609. The van der Waals surface area contributed by atoms with E-state index in [4.69, 9.17) is 9.84 Å². The molecule has 0 spiro atoms. The summed E-state index contributed by atoms with van der Waals surface area (Å²) in [6.45, 7) is 3.18. The predicted molar refractivity (Wildman–Crippen MR) is 64.7 cm³/mol. The highest BCUT2D eigenvalue weighted by atomic mass is 16.5. The summed E-state index contributed by atoms with van der Waals surface area (Å²) in [5.74, 6) is -0.525. The van der Waals surface area contributed by atoms with Crippen LogP contribution in [0.4, 0.5) is 5.82 Å². The summed E-state index contributed by atoms with van der Waals surface area (Å²) in [7, 11) is 2.05. The van der Waals surface area contributed by atoms with Gasteiger partial charge in [0.2, 0.25) is 0 Å². The summed E-state index contributed by atoms with van der Waals surface area (Å²) in [6.07, 6.45) is 2.76. The Balaban J connectivity index is 1.84. The van der Waals surface area contributed by atoms with Gasteiger partial charge in [0.15, 0.2) is 5.69 Å². The van der Waals surface area contributed by atoms with Crippen molar-refractivity contribution in [2.75, 3.05) is 38.6 Å². The Morgan fingerprint density at radius 1 is 1.61 bits per heavy atom. The Morgan fingerprint density at radius 2 is 2.44 bits per heavy atom. The van der Waals surface area contributed by atoms with Gasteiger partial charge in [0, 0.05) is 19.6 Å². The average molecular weight is 252 g/mol. The van der Waals surface area contributed by atoms with Crippen LogP contribution in [0.5, 0.6) is 0 Å². The molecule has 1 atom stereocenters. The highest BCUT2D eigenvalue weighted by Gasteiger charge is 2.17. The Hall–Kier alpha value is -1.73. The van der Waals surface area contributed by atoms with Gasteiger partial charge in [-0.25, -0.2) is 14.8 Å². The number of aromatic nitrogens is 2. The van der Waals surface area contributed by atoms with Crippen molar-refractivity contribution in [2.24, 2.45) is 0 Å². The van der Waals surface area contributed by atoms with Gasteiger partial charge in [0.1, 0.15) is 5.82 Å². The molecule has 18 heavy (non-hydrogen) atoms. The molecule has 1 aliphatic rings. The minimum atomic E-state index is -1.08. The fraction of sp³-hybridized carbons (Fsp3) is 0.545. The van der Waals surface area contributed by atoms with E-state index in [9.17, 15) is 4.79 Å². The van der Waals surface area contributed by atoms with Crippen LogP contribution < -0.4 is 5.32 Å². The molecule has 0 bridgehead atoms. The molecule has 1 aliphatic heterocycles. The Bertz CT molecular complexity index is 409. The second-order valence-electron chi connectivity index (χ2n) is 4.23. The summed E-state index contributed by atoms with van der Waals surface area (Å²) in [5.41, 5.74) is -0.0609. The number of carboxylic acid groups (broad SMARTS) is 1. The SMILES string of the molecule is CN1CCOC(CNc2cnc(C(=O)O)cn2)C1. The fourth-order valence-corrected chi connectivity index (χ4v) is 1.74. The Morgan fingerprint density at radius 3 is 3.06 bits per heavy atom. The average Bonchev–Trinajstić information content (AvgIpc) is 2.37. The standard InChI is InChI=1S/C11H16N4O3/c1-15-2-3-18-8(7-15)4-13-10-6-12-9(5-14-10)11(16)17/h5-6,8H,2-4,7H2,1H3,(H,13,14)(H,16,17). The Labute approximate surface area is 105 Å². The van der Waals surface area contributed by atoms with Crippen LogP contribution in [0.15, 0.2) is 12.4 Å². The van der Waals surface area contributed by atoms with Crippen LogP contribution in [0.3, 0.4) is 0 Å². The number of anilines is 1. The smallest absolute Gasteiger partial charge is 0.356 e. The fourth-order valence-electron chi connectivity index (χ4n) is 1.74. The number of morpholine rings is 1. The number of carboxylic acids is 1. The van der Waals surface area contributed by atoms with Gasteiger partial charge in [-0.1, -0.05) is 0 Å². The monoisotopic (exact) mass is 252 g/mol. The van der Waals surface area contributed by atoms with Crippen LogP contribution in [0.25, 0.3) is 0 Å². The number of aromatic carboxylic acids is 1. The van der Waals surface area contributed by atoms with Gasteiger partial charge in [0.05, 0.1) is 25.1 Å². The van der Waals surface area contributed by atoms with Crippen LogP contribution in [0.2, 0.25) is 0 Å². The van der Waals surface area contributed by atoms with Crippen molar-refractivity contribution in [1.82, 2.24) is 14.9 Å². The summed E-state index contributed by atoms with van der Waals surface area (Å²) in [4.78, 5) is 20.6. The van der Waals surface area contributed by atoms with Gasteiger partial charge < -0.3 is 20.1 Å². The molecule has 1 fully saturated rings. The van der Waals surface area contributed by atoms with Crippen molar-refractivity contribution in [3.63, 3.8) is 0 Å². The molecule has 0 saturated carbocycles. The zero-order valence-corrected chi connectivity index (χ0v) is 10.2. The first-order chi connectivity index (χ1) is 8.65. The minimum Gasteiger partial charge on any atom is -0.476 e. The maximum absolute atomic E-state index is 10.6. The van der Waals surface area contributed by atoms with Crippen molar-refractivity contribution < 1.29 is 14.6 Å². The molecule has 98 valence electrons. The molecule has 1 unspecified atom stereocenters. The van der Waals surface area contributed by atoms with E-state index in [-0.39, 0.29) is 11.8 Å². The molecular formula is C11H16N4O3. The van der Waals surface area contributed by atoms with Gasteiger partial charge in [0.25, 0.3) is 0 Å². The molecule has 0 aliphatic carbocycles. The largest absolute Gasteiger partial charge is 0.476 e. The van der Waals surface area contributed by atoms with E-state index in [1.54, 1.807) is 0 Å². The molecule has 1 aromatic heterocycles. The molecule has 0 aromatic carbocycles. The van der Waals surface area contributed by atoms with Crippen LogP contribution in [-0.4, -0.2) is 65.3 Å². The van der Waals surface area contributed by atoms with Crippen LogP contribution in [0, 0.1) is 0 Å². The van der Waals surface area contributed by atoms with Crippen molar-refractivity contribution >= 4 is 11.8 Å². The summed E-state index contributed by atoms with van der Waals surface area (Å²) < 4.78 is 5.59. The highest BCUT2D eigenvalue weighted by Crippen LogP contribution is 2.06. The van der Waals surface area contributed by atoms with E-state index >= 15 is 0 Å². The van der Waals surface area contributed by atoms with E-state index in [0.29, 0.717) is 12.4 Å². The lowest BCUT2D eigenvalue weighted by molar-refractivity contribution is -0.0117. The first kappa shape index (κ1) is 12.7. The number of nitrogens with zero attached hydrogens (tertiary/aromatic N) is 3. The van der Waals surface area contributed by atoms with E-state index in [1.165, 1.54) is 12.4 Å². The summed E-state index contributed by atoms with van der Waals surface area (Å²) in [6, 6.07) is 0. The van der Waals surface area contributed by atoms with E-state index < -0.39 is 5.97 Å². The molecule has 0 amide bonds. The topological polar surface area (TPSA) is 87.6 Å². The normalized spacial score (nSPS) is 20.6. The van der Waals surface area contributed by atoms with Gasteiger partial charge in [-0.15, -0.1) is 0 Å². The Kier molecular flexibility index (Phi) is 4.06. The highest BCUT2D eigenvalue weighted by molar-refractivity contribution is 5.84. The van der Waals surface area contributed by atoms with E-state index in [1.807, 2.05) is 0 Å². The van der Waals surface area contributed by atoms with Gasteiger partial charge >= 0.3 is 5.97 Å². The molecule has 2 rings (SSSR count). The molecule has 7 heteroatoms. The van der Waals surface area contributed by atoms with Gasteiger partial charge in [-0.3, -0.25) is 0 Å². The predicted octanol–water partition coefficient (Wildman–Crippen LogP) is -0.0827. The third-order valence-electron chi connectivity index (χ3n) is 2.72. The number of ether oxygens (including phenoxy) is 1. The first-order valence-electron chi connectivity index (χ1n) is 5.74. The molecule has 1 aromatic rings. The number of hydrogen-bond donors (Lipinski definition) is 2. The molecule has 2 heterocycles. The van der Waals surface area contributed by atoms with Crippen molar-refractivity contribution in [3.8, 4) is 0 Å². The lowest BCUT2D eigenvalue weighted by Gasteiger charge is -2.30. The first-order valence-corrected chi connectivity index (χ1v) is 5.74. The summed E-state index contributed by atoms with van der Waals surface area (Å²) in [5, 5.41) is 11.8. The van der Waals surface area contributed by atoms with Gasteiger partial charge in [-0.2, -0.15) is 0 Å². The number of hydrogen-bond acceptors (Lipinski definition) is 6. The molecule has 7 nitrogen and oxygen atoms in total. The molecule has 2 N–H and O–H groups in total. The van der Waals surface area contributed by atoms with Crippen molar-refractivity contribution in [3.05, 3.63) is 18.1 Å². The van der Waals surface area contributed by atoms with Crippen molar-refractivity contribution in [2.45, 2.75) is 6.10 Å². The molecule has 0 radical (unpaired) electrons. The lowest BCUT2D eigenvalue weighted by atomic mass is 10.3. The molecular weight excluding hydrogens is 236 g/mol. The zero-order valence-electron chi connectivity index (χ0n) is 10.2. The maximum atomic E-state index is 10.6. The van der Waals surface area contributed by atoms with Crippen LogP contribution in [0.1, 0.15) is 10.5 Å². The second kappa shape index (κ2) is 5.74. The van der Waals surface area contributed by atoms with E-state index in [2.05, 4.69) is 27.2 Å². The number of rotatable bonds is 4. The van der Waals surface area contributed by atoms with Gasteiger partial charge in [-0.05, 0) is 7.05 Å². The summed E-state index contributed by atoms with van der Waals surface area (Å²) >= 11 is 0. The number of nitrogens with one attached hydrogen (secondary N) is 1. The van der Waals surface area contributed by atoms with E-state index in [0.717, 1.165) is 19.7 Å². The van der Waals surface area contributed by atoms with Crippen LogP contribution >= 0.6 is 0 Å². The van der Waals surface area contributed by atoms with Crippen molar-refractivity contribution in [1.29, 1.82) is 0 Å². The number of carbonyl (C=O) groups is 1.